The van der Waals surface area contributed by atoms with Gasteiger partial charge in [0.05, 0.1) is 12.7 Å². The summed E-state index contributed by atoms with van der Waals surface area (Å²) in [5.41, 5.74) is 2.21. The van der Waals surface area contributed by atoms with Crippen LogP contribution in [-0.2, 0) is 5.60 Å². The minimum Gasteiger partial charge on any atom is -0.496 e. The number of nitrogens with zero attached hydrogens (tertiary/aromatic N) is 1. The first kappa shape index (κ1) is 11.2. The molecule has 0 spiro atoms. The summed E-state index contributed by atoms with van der Waals surface area (Å²) in [6.45, 7) is 0. The van der Waals surface area contributed by atoms with Crippen LogP contribution in [0, 0.1) is 0 Å². The van der Waals surface area contributed by atoms with Gasteiger partial charge in [-0.15, -0.1) is 0 Å². The van der Waals surface area contributed by atoms with Gasteiger partial charge in [-0.2, -0.15) is 0 Å². The van der Waals surface area contributed by atoms with Crippen molar-refractivity contribution < 1.29 is 9.84 Å². The number of aromatic nitrogens is 1. The van der Waals surface area contributed by atoms with E-state index < -0.39 is 5.60 Å². The van der Waals surface area contributed by atoms with E-state index in [1.807, 2.05) is 30.3 Å². The van der Waals surface area contributed by atoms with Crippen LogP contribution in [-0.4, -0.2) is 17.2 Å². The highest BCUT2D eigenvalue weighted by atomic mass is 16.5. The number of benzene rings is 1. The van der Waals surface area contributed by atoms with Gasteiger partial charge >= 0.3 is 0 Å². The van der Waals surface area contributed by atoms with Gasteiger partial charge in [-0.25, -0.2) is 0 Å². The minimum atomic E-state index is -0.690. The van der Waals surface area contributed by atoms with E-state index in [0.717, 1.165) is 35.3 Å². The van der Waals surface area contributed by atoms with Gasteiger partial charge in [0, 0.05) is 23.5 Å². The lowest BCUT2D eigenvalue weighted by atomic mass is 9.96. The Bertz CT molecular complexity index is 576. The molecule has 0 bridgehead atoms. The molecule has 1 aromatic carbocycles. The fourth-order valence-corrected chi connectivity index (χ4v) is 2.26. The third-order valence-electron chi connectivity index (χ3n) is 3.44. The Hall–Kier alpha value is -1.87. The third-order valence-corrected chi connectivity index (χ3v) is 3.44. The molecule has 1 fully saturated rings. The second-order valence-corrected chi connectivity index (χ2v) is 4.65. The minimum absolute atomic E-state index is 0.690. The molecule has 3 rings (SSSR count). The normalized spacial score (nSPS) is 16.3. The average molecular weight is 241 g/mol. The lowest BCUT2D eigenvalue weighted by Crippen LogP contribution is -2.07. The Morgan fingerprint density at radius 3 is 2.67 bits per heavy atom. The van der Waals surface area contributed by atoms with Gasteiger partial charge in [-0.05, 0) is 30.5 Å². The number of ether oxygens (including phenoxy) is 1. The van der Waals surface area contributed by atoms with E-state index in [2.05, 4.69) is 4.98 Å². The van der Waals surface area contributed by atoms with E-state index in [9.17, 15) is 5.11 Å². The van der Waals surface area contributed by atoms with E-state index in [1.165, 1.54) is 0 Å². The maximum atomic E-state index is 10.3. The first-order valence-corrected chi connectivity index (χ1v) is 6.05. The zero-order valence-corrected chi connectivity index (χ0v) is 10.3. The van der Waals surface area contributed by atoms with Crippen molar-refractivity contribution in [3.8, 4) is 16.9 Å². The molecule has 1 aromatic heterocycles. The van der Waals surface area contributed by atoms with E-state index in [1.54, 1.807) is 19.5 Å². The molecule has 0 saturated heterocycles. The molecule has 18 heavy (non-hydrogen) atoms. The Balaban J connectivity index is 2.17. The number of methoxy groups -OCH3 is 1. The molecule has 1 aliphatic carbocycles. The molecule has 1 aliphatic rings. The molecule has 0 aliphatic heterocycles. The molecule has 2 aromatic rings. The number of aliphatic hydroxyl groups is 1. The fourth-order valence-electron chi connectivity index (χ4n) is 2.26. The fraction of sp³-hybridized carbons (Fsp3) is 0.267. The quantitative estimate of drug-likeness (QED) is 0.898. The predicted octanol–water partition coefficient (Wildman–Crippen LogP) is 2.74. The molecule has 0 radical (unpaired) electrons. The SMILES string of the molecule is COc1ccccc1-c1ccncc1C1(O)CC1. The van der Waals surface area contributed by atoms with Gasteiger partial charge in [0.15, 0.2) is 0 Å². The van der Waals surface area contributed by atoms with Crippen molar-refractivity contribution in [1.82, 2.24) is 4.98 Å². The average Bonchev–Trinajstić information content (AvgIpc) is 3.18. The summed E-state index contributed by atoms with van der Waals surface area (Å²) < 4.78 is 5.39. The Morgan fingerprint density at radius 1 is 1.17 bits per heavy atom. The number of hydrogen-bond acceptors (Lipinski definition) is 3. The van der Waals surface area contributed by atoms with Crippen LogP contribution in [0.2, 0.25) is 0 Å². The Labute approximate surface area is 106 Å². The first-order valence-electron chi connectivity index (χ1n) is 6.05. The number of pyridine rings is 1. The molecular formula is C15H15NO2. The topological polar surface area (TPSA) is 42.4 Å². The van der Waals surface area contributed by atoms with Crippen LogP contribution in [0.3, 0.4) is 0 Å². The van der Waals surface area contributed by atoms with Crippen LogP contribution < -0.4 is 4.74 Å². The molecule has 1 saturated carbocycles. The number of rotatable bonds is 3. The monoisotopic (exact) mass is 241 g/mol. The zero-order valence-electron chi connectivity index (χ0n) is 10.3. The van der Waals surface area contributed by atoms with Gasteiger partial charge in [0.25, 0.3) is 0 Å². The van der Waals surface area contributed by atoms with Gasteiger partial charge < -0.3 is 9.84 Å². The maximum absolute atomic E-state index is 10.3. The van der Waals surface area contributed by atoms with Crippen molar-refractivity contribution in [2.75, 3.05) is 7.11 Å². The van der Waals surface area contributed by atoms with Gasteiger partial charge in [-0.1, -0.05) is 18.2 Å². The number of para-hydroxylation sites is 1. The molecule has 0 amide bonds. The highest BCUT2D eigenvalue weighted by Crippen LogP contribution is 2.49. The van der Waals surface area contributed by atoms with E-state index in [0.29, 0.717) is 0 Å². The van der Waals surface area contributed by atoms with Crippen molar-refractivity contribution >= 4 is 0 Å². The van der Waals surface area contributed by atoms with Crippen LogP contribution in [0.4, 0.5) is 0 Å². The molecule has 0 atom stereocenters. The summed E-state index contributed by atoms with van der Waals surface area (Å²) in [6, 6.07) is 9.78. The van der Waals surface area contributed by atoms with Gasteiger partial charge in [0.2, 0.25) is 0 Å². The van der Waals surface area contributed by atoms with Crippen molar-refractivity contribution in [1.29, 1.82) is 0 Å². The lowest BCUT2D eigenvalue weighted by molar-refractivity contribution is 0.151. The van der Waals surface area contributed by atoms with Gasteiger partial charge in [-0.3, -0.25) is 4.98 Å². The molecule has 1 heterocycles. The summed E-state index contributed by atoms with van der Waals surface area (Å²) in [6.07, 6.45) is 5.12. The summed E-state index contributed by atoms with van der Waals surface area (Å²) in [7, 11) is 1.66. The second kappa shape index (κ2) is 4.10. The van der Waals surface area contributed by atoms with Crippen molar-refractivity contribution in [2.45, 2.75) is 18.4 Å². The molecule has 1 N–H and O–H groups in total. The van der Waals surface area contributed by atoms with Crippen molar-refractivity contribution in [2.24, 2.45) is 0 Å². The first-order chi connectivity index (χ1) is 8.74. The largest absolute Gasteiger partial charge is 0.496 e. The Kier molecular flexibility index (Phi) is 2.56. The van der Waals surface area contributed by atoms with Crippen molar-refractivity contribution in [3.63, 3.8) is 0 Å². The van der Waals surface area contributed by atoms with Crippen LogP contribution in [0.25, 0.3) is 11.1 Å². The van der Waals surface area contributed by atoms with Crippen LogP contribution in [0.15, 0.2) is 42.7 Å². The zero-order chi connectivity index (χ0) is 12.6. The van der Waals surface area contributed by atoms with Crippen LogP contribution >= 0.6 is 0 Å². The standard InChI is InChI=1S/C15H15NO2/c1-18-14-5-3-2-4-12(14)11-6-9-16-10-13(11)15(17)7-8-15/h2-6,9-10,17H,7-8H2,1H3. The summed E-state index contributed by atoms with van der Waals surface area (Å²) in [4.78, 5) is 4.13. The highest BCUT2D eigenvalue weighted by Gasteiger charge is 2.44. The molecule has 3 nitrogen and oxygen atoms in total. The van der Waals surface area contributed by atoms with E-state index in [4.69, 9.17) is 4.74 Å². The number of hydrogen-bond donors (Lipinski definition) is 1. The third kappa shape index (κ3) is 1.77. The molecule has 3 heteroatoms. The van der Waals surface area contributed by atoms with E-state index in [-0.39, 0.29) is 0 Å². The highest BCUT2D eigenvalue weighted by molar-refractivity contribution is 5.74. The van der Waals surface area contributed by atoms with Crippen LogP contribution in [0.1, 0.15) is 18.4 Å². The van der Waals surface area contributed by atoms with Crippen molar-refractivity contribution in [3.05, 3.63) is 48.3 Å². The van der Waals surface area contributed by atoms with E-state index >= 15 is 0 Å². The molecule has 0 unspecified atom stereocenters. The van der Waals surface area contributed by atoms with Gasteiger partial charge in [0.1, 0.15) is 5.75 Å². The maximum Gasteiger partial charge on any atom is 0.126 e. The summed E-state index contributed by atoms with van der Waals surface area (Å²) in [5, 5.41) is 10.3. The summed E-state index contributed by atoms with van der Waals surface area (Å²) >= 11 is 0. The Morgan fingerprint density at radius 2 is 1.94 bits per heavy atom. The smallest absolute Gasteiger partial charge is 0.126 e. The second-order valence-electron chi connectivity index (χ2n) is 4.65. The summed E-state index contributed by atoms with van der Waals surface area (Å²) in [5.74, 6) is 0.814. The predicted molar refractivity (Wildman–Crippen MR) is 69.4 cm³/mol. The van der Waals surface area contributed by atoms with Crippen LogP contribution in [0.5, 0.6) is 5.75 Å². The molecule has 92 valence electrons. The molecular weight excluding hydrogens is 226 g/mol. The lowest BCUT2D eigenvalue weighted by Gasteiger charge is -2.15.